The Kier molecular flexibility index (Phi) is 4.32. The summed E-state index contributed by atoms with van der Waals surface area (Å²) in [4.78, 5) is 4.15. The second kappa shape index (κ2) is 6.55. The van der Waals surface area contributed by atoms with Gasteiger partial charge in [-0.25, -0.2) is 0 Å². The molecule has 3 nitrogen and oxygen atoms in total. The molecule has 0 fully saturated rings. The number of halogens is 5. The van der Waals surface area contributed by atoms with Crippen LogP contribution in [0.4, 0.5) is 13.2 Å². The predicted octanol–water partition coefficient (Wildman–Crippen LogP) is 6.62. The molecule has 0 saturated carbocycles. The van der Waals surface area contributed by atoms with Crippen molar-refractivity contribution in [3.8, 4) is 22.5 Å². The lowest BCUT2D eigenvalue weighted by Gasteiger charge is -2.07. The minimum absolute atomic E-state index is 0.272. The van der Waals surface area contributed by atoms with Gasteiger partial charge in [0.05, 0.1) is 32.5 Å². The van der Waals surface area contributed by atoms with Crippen molar-refractivity contribution in [3.63, 3.8) is 0 Å². The average Bonchev–Trinajstić information content (AvgIpc) is 3.12. The van der Waals surface area contributed by atoms with E-state index in [0.29, 0.717) is 26.7 Å². The zero-order chi connectivity index (χ0) is 19.2. The molecule has 0 bridgehead atoms. The number of pyridine rings is 1. The highest BCUT2D eigenvalue weighted by atomic mass is 35.5. The van der Waals surface area contributed by atoms with Gasteiger partial charge in [-0.05, 0) is 36.4 Å². The molecule has 8 heteroatoms. The van der Waals surface area contributed by atoms with Crippen LogP contribution in [0.2, 0.25) is 10.0 Å². The minimum atomic E-state index is -4.40. The first kappa shape index (κ1) is 17.8. The molecule has 0 spiro atoms. The lowest BCUT2D eigenvalue weighted by Crippen LogP contribution is -2.04. The van der Waals surface area contributed by atoms with E-state index in [2.05, 4.69) is 15.2 Å². The summed E-state index contributed by atoms with van der Waals surface area (Å²) in [6.07, 6.45) is -2.90. The van der Waals surface area contributed by atoms with E-state index in [1.54, 1.807) is 18.2 Å². The fraction of sp³-hybridized carbons (Fsp3) is 0.0526. The van der Waals surface area contributed by atoms with E-state index in [4.69, 9.17) is 23.2 Å². The van der Waals surface area contributed by atoms with Crippen LogP contribution >= 0.6 is 23.2 Å². The smallest absolute Gasteiger partial charge is 0.277 e. The van der Waals surface area contributed by atoms with Gasteiger partial charge in [-0.1, -0.05) is 35.3 Å². The Bertz CT molecular complexity index is 1150. The van der Waals surface area contributed by atoms with Crippen molar-refractivity contribution in [3.05, 3.63) is 70.3 Å². The second-order valence-corrected chi connectivity index (χ2v) is 6.74. The molecule has 0 aliphatic carbocycles. The van der Waals surface area contributed by atoms with E-state index < -0.39 is 11.7 Å². The lowest BCUT2D eigenvalue weighted by atomic mass is 10.1. The number of aromatic nitrogens is 3. The normalized spacial score (nSPS) is 11.9. The topological polar surface area (TPSA) is 41.6 Å². The fourth-order valence-corrected chi connectivity index (χ4v) is 3.02. The van der Waals surface area contributed by atoms with Crippen molar-refractivity contribution < 1.29 is 13.2 Å². The molecule has 4 aromatic rings. The van der Waals surface area contributed by atoms with Crippen LogP contribution < -0.4 is 0 Å². The van der Waals surface area contributed by atoms with E-state index in [1.807, 2.05) is 12.1 Å². The first-order valence-electron chi connectivity index (χ1n) is 7.79. The van der Waals surface area contributed by atoms with Gasteiger partial charge in [0.1, 0.15) is 0 Å². The molecule has 0 atom stereocenters. The van der Waals surface area contributed by atoms with Crippen molar-refractivity contribution in [2.45, 2.75) is 6.18 Å². The maximum atomic E-state index is 12.8. The number of nitrogens with one attached hydrogen (secondary N) is 1. The molecule has 1 N–H and O–H groups in total. The van der Waals surface area contributed by atoms with Gasteiger partial charge in [0.2, 0.25) is 0 Å². The van der Waals surface area contributed by atoms with Crippen molar-refractivity contribution >= 4 is 34.1 Å². The van der Waals surface area contributed by atoms with E-state index in [1.165, 1.54) is 12.3 Å². The molecule has 2 aromatic carbocycles. The number of aromatic amines is 1. The Morgan fingerprint density at radius 3 is 2.41 bits per heavy atom. The first-order valence-corrected chi connectivity index (χ1v) is 8.55. The average molecular weight is 408 g/mol. The number of rotatable bonds is 2. The van der Waals surface area contributed by atoms with Gasteiger partial charge in [-0.15, -0.1) is 0 Å². The molecule has 0 radical (unpaired) electrons. The Morgan fingerprint density at radius 1 is 0.852 bits per heavy atom. The van der Waals surface area contributed by atoms with Crippen LogP contribution in [0.15, 0.2) is 54.7 Å². The molecule has 136 valence electrons. The molecular formula is C19H10Cl2F3N3. The zero-order valence-corrected chi connectivity index (χ0v) is 15.0. The van der Waals surface area contributed by atoms with Gasteiger partial charge in [-0.3, -0.25) is 10.1 Å². The maximum Gasteiger partial charge on any atom is 0.416 e. The third kappa shape index (κ3) is 3.50. The van der Waals surface area contributed by atoms with Crippen molar-refractivity contribution in [1.29, 1.82) is 0 Å². The quantitative estimate of drug-likeness (QED) is 0.405. The zero-order valence-electron chi connectivity index (χ0n) is 13.5. The highest BCUT2D eigenvalue weighted by Gasteiger charge is 2.30. The first-order chi connectivity index (χ1) is 12.8. The summed E-state index contributed by atoms with van der Waals surface area (Å²) >= 11 is 12.0. The molecule has 0 aliphatic rings. The number of hydrogen-bond donors (Lipinski definition) is 1. The van der Waals surface area contributed by atoms with Gasteiger partial charge >= 0.3 is 6.18 Å². The highest BCUT2D eigenvalue weighted by molar-refractivity contribution is 6.42. The van der Waals surface area contributed by atoms with Gasteiger partial charge in [-0.2, -0.15) is 18.3 Å². The Hall–Kier alpha value is -2.57. The third-order valence-corrected chi connectivity index (χ3v) is 4.85. The fourth-order valence-electron chi connectivity index (χ4n) is 2.72. The monoisotopic (exact) mass is 407 g/mol. The molecule has 2 aromatic heterocycles. The summed E-state index contributed by atoms with van der Waals surface area (Å²) in [7, 11) is 0. The summed E-state index contributed by atoms with van der Waals surface area (Å²) < 4.78 is 38.5. The number of hydrogen-bond acceptors (Lipinski definition) is 2. The minimum Gasteiger partial charge on any atom is -0.277 e. The van der Waals surface area contributed by atoms with Crippen LogP contribution in [-0.2, 0) is 6.18 Å². The van der Waals surface area contributed by atoms with E-state index in [9.17, 15) is 13.2 Å². The largest absolute Gasteiger partial charge is 0.416 e. The van der Waals surface area contributed by atoms with E-state index >= 15 is 0 Å². The SMILES string of the molecule is FC(F)(F)c1ccc2cc(-c3cc(-c4ccc(Cl)c(Cl)c4)[nH]n3)cnc2c1. The van der Waals surface area contributed by atoms with Crippen LogP contribution in [-0.4, -0.2) is 15.2 Å². The van der Waals surface area contributed by atoms with Crippen molar-refractivity contribution in [2.75, 3.05) is 0 Å². The number of fused-ring (bicyclic) bond motifs is 1. The van der Waals surface area contributed by atoms with Crippen LogP contribution in [0, 0.1) is 0 Å². The lowest BCUT2D eigenvalue weighted by molar-refractivity contribution is -0.137. The van der Waals surface area contributed by atoms with Crippen LogP contribution in [0.25, 0.3) is 33.4 Å². The molecule has 2 heterocycles. The van der Waals surface area contributed by atoms with Gasteiger partial charge < -0.3 is 0 Å². The number of benzene rings is 2. The van der Waals surface area contributed by atoms with Crippen molar-refractivity contribution in [2.24, 2.45) is 0 Å². The molecular weight excluding hydrogens is 398 g/mol. The second-order valence-electron chi connectivity index (χ2n) is 5.92. The van der Waals surface area contributed by atoms with Gasteiger partial charge in [0.25, 0.3) is 0 Å². The number of alkyl halides is 3. The molecule has 0 amide bonds. The van der Waals surface area contributed by atoms with Gasteiger partial charge in [0, 0.05) is 22.7 Å². The highest BCUT2D eigenvalue weighted by Crippen LogP contribution is 2.33. The molecule has 4 rings (SSSR count). The maximum absolute atomic E-state index is 12.8. The summed E-state index contributed by atoms with van der Waals surface area (Å²) in [6.45, 7) is 0. The molecule has 27 heavy (non-hydrogen) atoms. The molecule has 0 aliphatic heterocycles. The third-order valence-electron chi connectivity index (χ3n) is 4.12. The van der Waals surface area contributed by atoms with Crippen LogP contribution in [0.1, 0.15) is 5.56 Å². The molecule has 0 saturated heterocycles. The van der Waals surface area contributed by atoms with Crippen molar-refractivity contribution in [1.82, 2.24) is 15.2 Å². The van der Waals surface area contributed by atoms with Gasteiger partial charge in [0.15, 0.2) is 0 Å². The Morgan fingerprint density at radius 2 is 1.67 bits per heavy atom. The van der Waals surface area contributed by atoms with Crippen LogP contribution in [0.5, 0.6) is 0 Å². The summed E-state index contributed by atoms with van der Waals surface area (Å²) in [5.41, 5.74) is 2.39. The number of H-pyrrole nitrogens is 1. The number of nitrogens with zero attached hydrogens (tertiary/aromatic N) is 2. The van der Waals surface area contributed by atoms with E-state index in [-0.39, 0.29) is 5.52 Å². The summed E-state index contributed by atoms with van der Waals surface area (Å²) in [6, 6.07) is 12.3. The molecule has 0 unspecified atom stereocenters. The summed E-state index contributed by atoms with van der Waals surface area (Å²) in [5.74, 6) is 0. The Labute approximate surface area is 161 Å². The van der Waals surface area contributed by atoms with E-state index in [0.717, 1.165) is 23.4 Å². The van der Waals surface area contributed by atoms with Crippen LogP contribution in [0.3, 0.4) is 0 Å². The standard InChI is InChI=1S/C19H10Cl2F3N3/c20-14-4-2-11(6-15(14)21)17-8-18(27-26-17)12-5-10-1-3-13(19(22,23)24)7-16(10)25-9-12/h1-9H,(H,26,27). The predicted molar refractivity (Wildman–Crippen MR) is 99.8 cm³/mol. The Balaban J connectivity index is 1.70. The summed E-state index contributed by atoms with van der Waals surface area (Å²) in [5, 5.41) is 8.65.